The highest BCUT2D eigenvalue weighted by molar-refractivity contribution is 5.92. The molecule has 0 amide bonds. The lowest BCUT2D eigenvalue weighted by Gasteiger charge is -2.59. The molecule has 17 nitrogen and oxygen atoms in total. The first kappa shape index (κ1) is 48.1. The maximum Gasteiger partial charge on any atom is 0.314 e. The van der Waals surface area contributed by atoms with Crippen molar-refractivity contribution in [1.82, 2.24) is 4.90 Å². The molecule has 11 fully saturated rings. The quantitative estimate of drug-likeness (QED) is 0.171. The molecule has 0 aromatic carbocycles. The Kier molecular flexibility index (Phi) is 15.3. The number of hydrogen-bond donors (Lipinski definition) is 2. The molecule has 0 aromatic heterocycles. The number of cyclic esters (lactones) is 2. The normalized spacial score (nSPS) is 45.2. The largest absolute Gasteiger partial charge is 0.481 e. The molecular formula is C44H71NO16. The maximum atomic E-state index is 12.1. The van der Waals surface area contributed by atoms with Gasteiger partial charge >= 0.3 is 23.9 Å². The number of carbonyl (C=O) groups excluding carboxylic acids is 3. The summed E-state index contributed by atoms with van der Waals surface area (Å²) in [5.74, 6) is -2.18. The molecule has 16 atom stereocenters. The summed E-state index contributed by atoms with van der Waals surface area (Å²) in [5.41, 5.74) is -1.25. The van der Waals surface area contributed by atoms with Gasteiger partial charge in [0, 0.05) is 36.5 Å². The van der Waals surface area contributed by atoms with Gasteiger partial charge in [-0.2, -0.15) is 0 Å². The van der Waals surface area contributed by atoms with Gasteiger partial charge in [0.25, 0.3) is 0 Å². The van der Waals surface area contributed by atoms with E-state index in [1.54, 1.807) is 0 Å². The molecule has 2 N–H and O–H groups in total. The van der Waals surface area contributed by atoms with Crippen molar-refractivity contribution in [3.8, 4) is 0 Å². The van der Waals surface area contributed by atoms with E-state index in [0.29, 0.717) is 24.2 Å². The summed E-state index contributed by atoms with van der Waals surface area (Å²) >= 11 is 0. The summed E-state index contributed by atoms with van der Waals surface area (Å²) in [6.07, 6.45) is 4.97. The lowest BCUT2D eigenvalue weighted by atomic mass is 9.58. The van der Waals surface area contributed by atoms with Crippen LogP contribution in [0.25, 0.3) is 0 Å². The number of ether oxygens (including phenoxy) is 6. The molecule has 0 aromatic rings. The van der Waals surface area contributed by atoms with Crippen molar-refractivity contribution >= 4 is 23.9 Å². The van der Waals surface area contributed by atoms with Crippen LogP contribution >= 0.6 is 0 Å². The van der Waals surface area contributed by atoms with E-state index >= 15 is 0 Å². The zero-order valence-electron chi connectivity index (χ0n) is 37.6. The Morgan fingerprint density at radius 2 is 1.15 bits per heavy atom. The van der Waals surface area contributed by atoms with Gasteiger partial charge in [-0.05, 0) is 95.7 Å². The van der Waals surface area contributed by atoms with Gasteiger partial charge in [-0.3, -0.25) is 19.2 Å². The molecule has 9 aliphatic heterocycles. The Labute approximate surface area is 359 Å². The Morgan fingerprint density at radius 1 is 0.672 bits per heavy atom. The number of aliphatic carboxylic acids is 1. The van der Waals surface area contributed by atoms with E-state index in [0.717, 1.165) is 38.5 Å². The molecule has 11 rings (SSSR count). The fourth-order valence-corrected chi connectivity index (χ4v) is 11.4. The minimum Gasteiger partial charge on any atom is -0.481 e. The van der Waals surface area contributed by atoms with Crippen molar-refractivity contribution in [3.63, 3.8) is 0 Å². The number of aliphatic hydroxyl groups is 1. The van der Waals surface area contributed by atoms with Gasteiger partial charge < -0.3 is 43.5 Å². The molecular weight excluding hydrogens is 798 g/mol. The van der Waals surface area contributed by atoms with E-state index < -0.39 is 71.8 Å². The topological polar surface area (TPSA) is 204 Å². The van der Waals surface area contributed by atoms with Crippen LogP contribution in [-0.2, 0) is 67.1 Å². The van der Waals surface area contributed by atoms with Gasteiger partial charge in [0.15, 0.2) is 30.1 Å². The van der Waals surface area contributed by atoms with E-state index in [4.69, 9.17) is 48.3 Å². The second kappa shape index (κ2) is 19.4. The second-order valence-electron chi connectivity index (χ2n) is 18.9. The molecule has 6 unspecified atom stereocenters. The average Bonchev–Trinajstić information content (AvgIpc) is 3.32. The van der Waals surface area contributed by atoms with Crippen molar-refractivity contribution < 1.29 is 77.4 Å². The minimum atomic E-state index is -1.03. The van der Waals surface area contributed by atoms with E-state index in [9.17, 15) is 24.3 Å². The monoisotopic (exact) mass is 869 g/mol. The molecule has 0 radical (unpaired) electrons. The molecule has 11 aliphatic rings. The van der Waals surface area contributed by atoms with Crippen LogP contribution in [-0.4, -0.2) is 107 Å². The molecule has 2 aliphatic carbocycles. The van der Waals surface area contributed by atoms with E-state index in [1.165, 1.54) is 26.1 Å². The highest BCUT2D eigenvalue weighted by Crippen LogP contribution is 2.62. The molecule has 2 spiro atoms. The molecule has 9 saturated heterocycles. The standard InChI is InChI=1S/C19H28O8.C15H24O5.C6H15N.C4H4O3/c1-10-4-5-13-11(2)16(23-15(22)7-6-14(20)21)24-17-19(13)12(10)8-9-18(3,25-17)26-27-19;1-8-4-5-11-9(2)12(16)17-13-15(11)10(8)6-7-14(3,18-13)19-20-15;1-4-7(5-2)6-3;5-3-1-2-4(6)7-3/h10-13,16-17H,4-9H2,1-3H3,(H,20,21);8-13,16H,4-7H2,1-3H3;4-6H2,1-3H3;1-2H2/t10-,11-,12?,13?,16+,17?,18-,19-;8-,9-,10?,11?,12+,13?,14-,15-;;/m11../s1. The lowest BCUT2D eigenvalue weighted by Crippen LogP contribution is -2.70. The van der Waals surface area contributed by atoms with Crippen molar-refractivity contribution in [2.45, 2.75) is 187 Å². The van der Waals surface area contributed by atoms with Crippen LogP contribution in [0.2, 0.25) is 0 Å². The molecule has 4 bridgehead atoms. The summed E-state index contributed by atoms with van der Waals surface area (Å²) in [6, 6.07) is 0. The van der Waals surface area contributed by atoms with Gasteiger partial charge in [-0.25, -0.2) is 19.6 Å². The molecule has 2 saturated carbocycles. The zero-order chi connectivity index (χ0) is 44.5. The molecule has 348 valence electrons. The Bertz CT molecular complexity index is 1540. The van der Waals surface area contributed by atoms with Gasteiger partial charge in [0.1, 0.15) is 0 Å². The molecule has 17 heteroatoms. The van der Waals surface area contributed by atoms with Crippen molar-refractivity contribution in [2.75, 3.05) is 19.6 Å². The number of hydrogen-bond acceptors (Lipinski definition) is 16. The highest BCUT2D eigenvalue weighted by Gasteiger charge is 2.71. The first-order valence-electron chi connectivity index (χ1n) is 22.8. The van der Waals surface area contributed by atoms with Crippen LogP contribution in [0.3, 0.4) is 0 Å². The van der Waals surface area contributed by atoms with Gasteiger partial charge in [0.05, 0.1) is 25.7 Å². The summed E-state index contributed by atoms with van der Waals surface area (Å²) in [5, 5.41) is 19.0. The third-order valence-corrected chi connectivity index (χ3v) is 15.1. The van der Waals surface area contributed by atoms with Crippen LogP contribution < -0.4 is 0 Å². The summed E-state index contributed by atoms with van der Waals surface area (Å²) in [4.78, 5) is 68.5. The van der Waals surface area contributed by atoms with E-state index in [2.05, 4.69) is 44.3 Å². The van der Waals surface area contributed by atoms with Crippen LogP contribution in [0.4, 0.5) is 0 Å². The van der Waals surface area contributed by atoms with Crippen LogP contribution in [0, 0.1) is 47.3 Å². The first-order chi connectivity index (χ1) is 28.8. The van der Waals surface area contributed by atoms with Gasteiger partial charge in [0.2, 0.25) is 17.9 Å². The van der Waals surface area contributed by atoms with Gasteiger partial charge in [-0.1, -0.05) is 48.5 Å². The lowest BCUT2D eigenvalue weighted by molar-refractivity contribution is -0.576. The van der Waals surface area contributed by atoms with Crippen LogP contribution in [0.5, 0.6) is 0 Å². The maximum absolute atomic E-state index is 12.1. The fourth-order valence-electron chi connectivity index (χ4n) is 11.4. The molecule has 61 heavy (non-hydrogen) atoms. The van der Waals surface area contributed by atoms with E-state index in [1.807, 2.05) is 27.7 Å². The number of carboxylic acids is 1. The first-order valence-corrected chi connectivity index (χ1v) is 22.8. The minimum absolute atomic E-state index is 0.0379. The number of carbonyl (C=O) groups is 4. The zero-order valence-corrected chi connectivity index (χ0v) is 37.6. The average molecular weight is 870 g/mol. The Hall–Kier alpha value is -2.32. The summed E-state index contributed by atoms with van der Waals surface area (Å²) < 4.78 is 33.7. The molecule has 9 heterocycles. The highest BCUT2D eigenvalue weighted by atomic mass is 17.3. The number of nitrogens with zero attached hydrogens (tertiary/aromatic N) is 1. The number of esters is 3. The SMILES string of the molecule is CCN(CC)CC.C[C@@H]1CCC2[C@@H](C)[C@@H](O)OC3O[C@@]4(C)CCC1[C@]32OO4.C[C@@H]1CCC2[C@@H](C)[C@@H](OC(=O)CCC(=O)O)OC3O[C@@]4(C)CCC1[C@]32OO4.O=C1CCC(=O)O1. The number of aliphatic hydroxyl groups excluding tert-OH is 1. The predicted octanol–water partition coefficient (Wildman–Crippen LogP) is 5.99. The van der Waals surface area contributed by atoms with Gasteiger partial charge in [-0.15, -0.1) is 0 Å². The smallest absolute Gasteiger partial charge is 0.314 e. The fraction of sp³-hybridized carbons (Fsp3) is 0.909. The van der Waals surface area contributed by atoms with Crippen molar-refractivity contribution in [2.24, 2.45) is 47.3 Å². The summed E-state index contributed by atoms with van der Waals surface area (Å²) in [7, 11) is 0. The summed E-state index contributed by atoms with van der Waals surface area (Å²) in [6.45, 7) is 22.4. The van der Waals surface area contributed by atoms with Crippen LogP contribution in [0.15, 0.2) is 0 Å². The van der Waals surface area contributed by atoms with Crippen LogP contribution in [0.1, 0.15) is 139 Å². The number of carboxylic acid groups (broad SMARTS) is 1. The third-order valence-electron chi connectivity index (χ3n) is 15.1. The van der Waals surface area contributed by atoms with Crippen molar-refractivity contribution in [3.05, 3.63) is 0 Å². The Balaban J connectivity index is 0.000000159. The third kappa shape index (κ3) is 9.71. The number of fused-ring (bicyclic) bond motifs is 4. The van der Waals surface area contributed by atoms with E-state index in [-0.39, 0.29) is 55.3 Å². The second-order valence-corrected chi connectivity index (χ2v) is 18.9. The Morgan fingerprint density at radius 3 is 1.57 bits per heavy atom. The number of rotatable bonds is 7. The predicted molar refractivity (Wildman–Crippen MR) is 213 cm³/mol. The van der Waals surface area contributed by atoms with Crippen molar-refractivity contribution in [1.29, 1.82) is 0 Å².